The molecule has 5 heteroatoms. The molecule has 1 saturated heterocycles. The minimum atomic E-state index is 0.238. The molecule has 0 saturated carbocycles. The normalized spacial score (nSPS) is 20.2. The average Bonchev–Trinajstić information content (AvgIpc) is 2.88. The Morgan fingerprint density at radius 1 is 1.22 bits per heavy atom. The van der Waals surface area contributed by atoms with Crippen LogP contribution in [0.1, 0.15) is 44.9 Å². The van der Waals surface area contributed by atoms with Crippen LogP contribution >= 0.6 is 0 Å². The monoisotopic (exact) mass is 252 g/mol. The van der Waals surface area contributed by atoms with Crippen LogP contribution in [0.4, 0.5) is 0 Å². The first-order valence-corrected chi connectivity index (χ1v) is 7.03. The van der Waals surface area contributed by atoms with Crippen LogP contribution in [0.3, 0.4) is 0 Å². The van der Waals surface area contributed by atoms with Gasteiger partial charge in [0.15, 0.2) is 5.82 Å². The van der Waals surface area contributed by atoms with E-state index in [1.807, 2.05) is 6.92 Å². The third-order valence-corrected chi connectivity index (χ3v) is 3.65. The van der Waals surface area contributed by atoms with Gasteiger partial charge < -0.3 is 9.42 Å². The summed E-state index contributed by atoms with van der Waals surface area (Å²) < 4.78 is 5.33. The van der Waals surface area contributed by atoms with Crippen molar-refractivity contribution in [1.29, 1.82) is 0 Å². The van der Waals surface area contributed by atoms with Crippen molar-refractivity contribution in [3.63, 3.8) is 0 Å². The Labute approximate surface area is 109 Å². The lowest BCUT2D eigenvalue weighted by Crippen LogP contribution is -2.47. The molecule has 2 heterocycles. The molecule has 0 amide bonds. The summed E-state index contributed by atoms with van der Waals surface area (Å²) in [5.41, 5.74) is 0. The lowest BCUT2D eigenvalue weighted by molar-refractivity contribution is 0.0884. The maximum Gasteiger partial charge on any atom is 0.243 e. The number of aryl methyl sites for hydroxylation is 1. The highest BCUT2D eigenvalue weighted by Gasteiger charge is 2.25. The van der Waals surface area contributed by atoms with E-state index in [1.54, 1.807) is 0 Å². The average molecular weight is 252 g/mol. The maximum atomic E-state index is 5.33. The van der Waals surface area contributed by atoms with Gasteiger partial charge in [-0.2, -0.15) is 4.98 Å². The zero-order valence-electron chi connectivity index (χ0n) is 11.7. The molecular weight excluding hydrogens is 228 g/mol. The molecule has 1 atom stereocenters. The lowest BCUT2D eigenvalue weighted by Gasteiger charge is -2.36. The zero-order valence-corrected chi connectivity index (χ0v) is 11.7. The van der Waals surface area contributed by atoms with E-state index < -0.39 is 0 Å². The highest BCUT2D eigenvalue weighted by atomic mass is 16.5. The van der Waals surface area contributed by atoms with Crippen molar-refractivity contribution >= 4 is 0 Å². The van der Waals surface area contributed by atoms with Crippen LogP contribution in [-0.4, -0.2) is 52.7 Å². The van der Waals surface area contributed by atoms with Gasteiger partial charge in [0.1, 0.15) is 0 Å². The van der Waals surface area contributed by atoms with Gasteiger partial charge in [0.25, 0.3) is 0 Å². The van der Waals surface area contributed by atoms with Gasteiger partial charge >= 0.3 is 0 Å². The number of rotatable bonds is 5. The molecule has 1 fully saturated rings. The Kier molecular flexibility index (Phi) is 4.72. The van der Waals surface area contributed by atoms with Crippen LogP contribution in [0.5, 0.6) is 0 Å². The maximum absolute atomic E-state index is 5.33. The van der Waals surface area contributed by atoms with Gasteiger partial charge in [0, 0.05) is 32.6 Å². The van der Waals surface area contributed by atoms with E-state index in [1.165, 1.54) is 13.0 Å². The van der Waals surface area contributed by atoms with Crippen molar-refractivity contribution in [1.82, 2.24) is 19.9 Å². The number of hydrogen-bond donors (Lipinski definition) is 0. The molecule has 0 aromatic carbocycles. The molecule has 2 rings (SSSR count). The third kappa shape index (κ3) is 3.09. The lowest BCUT2D eigenvalue weighted by atomic mass is 10.2. The second kappa shape index (κ2) is 6.29. The van der Waals surface area contributed by atoms with Crippen molar-refractivity contribution in [3.05, 3.63) is 11.7 Å². The number of nitrogens with zero attached hydrogens (tertiary/aromatic N) is 4. The van der Waals surface area contributed by atoms with Gasteiger partial charge in [0.2, 0.25) is 5.89 Å². The molecule has 0 radical (unpaired) electrons. The van der Waals surface area contributed by atoms with Gasteiger partial charge in [-0.3, -0.25) is 4.90 Å². The van der Waals surface area contributed by atoms with Gasteiger partial charge in [-0.05, 0) is 19.9 Å². The van der Waals surface area contributed by atoms with E-state index in [2.05, 4.69) is 33.8 Å². The molecular formula is C13H24N4O. The van der Waals surface area contributed by atoms with Gasteiger partial charge in [-0.15, -0.1) is 0 Å². The quantitative estimate of drug-likeness (QED) is 0.798. The molecule has 102 valence electrons. The fourth-order valence-corrected chi connectivity index (χ4v) is 2.43. The summed E-state index contributed by atoms with van der Waals surface area (Å²) in [5.74, 6) is 1.57. The van der Waals surface area contributed by atoms with Crippen LogP contribution in [0, 0.1) is 0 Å². The predicted molar refractivity (Wildman–Crippen MR) is 70.4 cm³/mol. The molecule has 1 aromatic rings. The van der Waals surface area contributed by atoms with E-state index in [9.17, 15) is 0 Å². The topological polar surface area (TPSA) is 45.4 Å². The summed E-state index contributed by atoms with van der Waals surface area (Å²) >= 11 is 0. The summed E-state index contributed by atoms with van der Waals surface area (Å²) in [6, 6.07) is 0.238. The van der Waals surface area contributed by atoms with E-state index in [0.717, 1.165) is 44.3 Å². The molecule has 0 spiro atoms. The smallest absolute Gasteiger partial charge is 0.243 e. The second-order valence-corrected chi connectivity index (χ2v) is 4.96. The van der Waals surface area contributed by atoms with Crippen LogP contribution < -0.4 is 0 Å². The first-order valence-electron chi connectivity index (χ1n) is 7.03. The molecule has 1 aliphatic heterocycles. The highest BCUT2D eigenvalue weighted by molar-refractivity contribution is 4.93. The summed E-state index contributed by atoms with van der Waals surface area (Å²) in [6.45, 7) is 12.1. The number of aromatic nitrogens is 2. The van der Waals surface area contributed by atoms with E-state index in [0.29, 0.717) is 0 Å². The summed E-state index contributed by atoms with van der Waals surface area (Å²) in [6.07, 6.45) is 2.07. The second-order valence-electron chi connectivity index (χ2n) is 4.96. The van der Waals surface area contributed by atoms with Crippen LogP contribution in [0.2, 0.25) is 0 Å². The Balaban J connectivity index is 1.88. The Morgan fingerprint density at radius 2 is 1.94 bits per heavy atom. The van der Waals surface area contributed by atoms with E-state index in [-0.39, 0.29) is 6.04 Å². The minimum absolute atomic E-state index is 0.238. The molecule has 1 aromatic heterocycles. The fraction of sp³-hybridized carbons (Fsp3) is 0.846. The first-order chi connectivity index (χ1) is 8.74. The zero-order chi connectivity index (χ0) is 13.0. The predicted octanol–water partition coefficient (Wildman–Crippen LogP) is 1.72. The minimum Gasteiger partial charge on any atom is -0.338 e. The summed E-state index contributed by atoms with van der Waals surface area (Å²) in [5, 5.41) is 3.97. The number of hydrogen-bond acceptors (Lipinski definition) is 5. The van der Waals surface area contributed by atoms with Crippen LogP contribution in [0.25, 0.3) is 0 Å². The molecule has 0 N–H and O–H groups in total. The van der Waals surface area contributed by atoms with Crippen molar-refractivity contribution in [2.24, 2.45) is 0 Å². The van der Waals surface area contributed by atoms with Crippen LogP contribution in [-0.2, 0) is 6.42 Å². The van der Waals surface area contributed by atoms with Crippen molar-refractivity contribution in [2.45, 2.75) is 39.7 Å². The molecule has 0 bridgehead atoms. The van der Waals surface area contributed by atoms with Crippen molar-refractivity contribution < 1.29 is 4.52 Å². The molecule has 0 unspecified atom stereocenters. The standard InChI is InChI=1S/C13H24N4O/c1-4-6-16-7-9-17(10-8-16)11(3)13-14-12(5-2)15-18-13/h11H,4-10H2,1-3H3/t11-/m1/s1. The van der Waals surface area contributed by atoms with Gasteiger partial charge in [0.05, 0.1) is 6.04 Å². The van der Waals surface area contributed by atoms with E-state index >= 15 is 0 Å². The molecule has 0 aliphatic carbocycles. The Morgan fingerprint density at radius 3 is 2.50 bits per heavy atom. The summed E-state index contributed by atoms with van der Waals surface area (Å²) in [4.78, 5) is 9.38. The molecule has 1 aliphatic rings. The highest BCUT2D eigenvalue weighted by Crippen LogP contribution is 2.20. The largest absolute Gasteiger partial charge is 0.338 e. The first kappa shape index (κ1) is 13.5. The molecule has 18 heavy (non-hydrogen) atoms. The summed E-state index contributed by atoms with van der Waals surface area (Å²) in [7, 11) is 0. The third-order valence-electron chi connectivity index (χ3n) is 3.65. The van der Waals surface area contributed by atoms with Gasteiger partial charge in [-0.1, -0.05) is 19.0 Å². The van der Waals surface area contributed by atoms with Crippen molar-refractivity contribution in [3.8, 4) is 0 Å². The number of piperazine rings is 1. The van der Waals surface area contributed by atoms with Gasteiger partial charge in [-0.25, -0.2) is 0 Å². The van der Waals surface area contributed by atoms with Crippen molar-refractivity contribution in [2.75, 3.05) is 32.7 Å². The SMILES string of the molecule is CCCN1CCN([C@H](C)c2nc(CC)no2)CC1. The van der Waals surface area contributed by atoms with Crippen LogP contribution in [0.15, 0.2) is 4.52 Å². The Hall–Kier alpha value is -0.940. The van der Waals surface area contributed by atoms with E-state index in [4.69, 9.17) is 4.52 Å². The Bertz CT molecular complexity index is 358. The fourth-order valence-electron chi connectivity index (χ4n) is 2.43. The molecule has 5 nitrogen and oxygen atoms in total.